The monoisotopic (exact) mass is 284 g/mol. The normalized spacial score (nSPS) is 10.0. The Labute approximate surface area is 125 Å². The van der Waals surface area contributed by atoms with E-state index in [0.29, 0.717) is 0 Å². The summed E-state index contributed by atoms with van der Waals surface area (Å²) in [4.78, 5) is 11.7. The Morgan fingerprint density at radius 3 is 2.48 bits per heavy atom. The average Bonchev–Trinajstić information content (AvgIpc) is 2.46. The van der Waals surface area contributed by atoms with E-state index in [1.807, 2.05) is 63.2 Å². The van der Waals surface area contributed by atoms with Crippen LogP contribution in [0.1, 0.15) is 16.7 Å². The molecule has 0 bridgehead atoms. The van der Waals surface area contributed by atoms with E-state index in [-0.39, 0.29) is 12.8 Å². The van der Waals surface area contributed by atoms with Crippen LogP contribution in [0.3, 0.4) is 0 Å². The zero-order chi connectivity index (χ0) is 15.2. The van der Waals surface area contributed by atoms with Gasteiger partial charge >= 0.3 is 6.03 Å². The van der Waals surface area contributed by atoms with E-state index in [0.717, 1.165) is 28.1 Å². The summed E-state index contributed by atoms with van der Waals surface area (Å²) in [7, 11) is 0. The standard InChI is InChI=1S/C17H20N2O2/c1-12-7-9-15(10-8-12)19-17(20)18-11-21-16-6-4-5-13(2)14(16)3/h4-10H,11H2,1-3H3,(H2,18,19,20). The van der Waals surface area contributed by atoms with E-state index in [2.05, 4.69) is 10.6 Å². The van der Waals surface area contributed by atoms with Gasteiger partial charge in [0.1, 0.15) is 5.75 Å². The largest absolute Gasteiger partial charge is 0.473 e. The number of hydrogen-bond acceptors (Lipinski definition) is 2. The highest BCUT2D eigenvalue weighted by molar-refractivity contribution is 5.89. The first-order valence-electron chi connectivity index (χ1n) is 6.87. The highest BCUT2D eigenvalue weighted by Crippen LogP contribution is 2.20. The molecule has 0 aliphatic rings. The SMILES string of the molecule is Cc1ccc(NC(=O)NCOc2cccc(C)c2C)cc1. The van der Waals surface area contributed by atoms with Gasteiger partial charge < -0.3 is 15.4 Å². The molecule has 0 saturated carbocycles. The van der Waals surface area contributed by atoms with Crippen molar-refractivity contribution in [2.24, 2.45) is 0 Å². The van der Waals surface area contributed by atoms with E-state index in [9.17, 15) is 4.79 Å². The Balaban J connectivity index is 1.81. The van der Waals surface area contributed by atoms with Gasteiger partial charge in [0.05, 0.1) is 0 Å². The molecule has 110 valence electrons. The quantitative estimate of drug-likeness (QED) is 0.840. The molecule has 2 aromatic carbocycles. The van der Waals surface area contributed by atoms with Crippen molar-refractivity contribution >= 4 is 11.7 Å². The second kappa shape index (κ2) is 6.79. The van der Waals surface area contributed by atoms with Crippen molar-refractivity contribution in [2.45, 2.75) is 20.8 Å². The first-order chi connectivity index (χ1) is 10.1. The van der Waals surface area contributed by atoms with Crippen molar-refractivity contribution in [3.8, 4) is 5.75 Å². The lowest BCUT2D eigenvalue weighted by atomic mass is 10.1. The molecule has 2 aromatic rings. The Morgan fingerprint density at radius 1 is 1.05 bits per heavy atom. The third-order valence-corrected chi connectivity index (χ3v) is 3.32. The molecule has 4 heteroatoms. The maximum Gasteiger partial charge on any atom is 0.321 e. The summed E-state index contributed by atoms with van der Waals surface area (Å²) >= 11 is 0. The summed E-state index contributed by atoms with van der Waals surface area (Å²) in [5, 5.41) is 5.42. The topological polar surface area (TPSA) is 50.4 Å². The fourth-order valence-corrected chi connectivity index (χ4v) is 1.87. The van der Waals surface area contributed by atoms with Crippen molar-refractivity contribution in [3.05, 3.63) is 59.2 Å². The molecule has 0 saturated heterocycles. The van der Waals surface area contributed by atoms with Crippen LogP contribution in [0.2, 0.25) is 0 Å². The number of aryl methyl sites for hydroxylation is 2. The van der Waals surface area contributed by atoms with Gasteiger partial charge in [-0.3, -0.25) is 0 Å². The summed E-state index contributed by atoms with van der Waals surface area (Å²) in [6, 6.07) is 13.2. The Hall–Kier alpha value is -2.49. The van der Waals surface area contributed by atoms with E-state index in [1.54, 1.807) is 0 Å². The minimum Gasteiger partial charge on any atom is -0.473 e. The van der Waals surface area contributed by atoms with Crippen LogP contribution in [0.5, 0.6) is 5.75 Å². The van der Waals surface area contributed by atoms with Gasteiger partial charge in [-0.25, -0.2) is 4.79 Å². The number of ether oxygens (including phenoxy) is 1. The summed E-state index contributed by atoms with van der Waals surface area (Å²) in [6.45, 7) is 6.15. The summed E-state index contributed by atoms with van der Waals surface area (Å²) < 4.78 is 5.57. The van der Waals surface area contributed by atoms with Crippen LogP contribution in [0.4, 0.5) is 10.5 Å². The number of urea groups is 1. The molecule has 0 radical (unpaired) electrons. The van der Waals surface area contributed by atoms with Gasteiger partial charge in [0, 0.05) is 5.69 Å². The lowest BCUT2D eigenvalue weighted by Crippen LogP contribution is -2.32. The van der Waals surface area contributed by atoms with Crippen molar-refractivity contribution in [2.75, 3.05) is 12.0 Å². The number of anilines is 1. The Kier molecular flexibility index (Phi) is 4.82. The summed E-state index contributed by atoms with van der Waals surface area (Å²) in [5.74, 6) is 0.783. The highest BCUT2D eigenvalue weighted by Gasteiger charge is 2.04. The van der Waals surface area contributed by atoms with Gasteiger partial charge in [0.2, 0.25) is 0 Å². The van der Waals surface area contributed by atoms with Gasteiger partial charge in [-0.2, -0.15) is 0 Å². The Bertz CT molecular complexity index is 621. The molecule has 0 atom stereocenters. The number of carbonyl (C=O) groups excluding carboxylic acids is 1. The van der Waals surface area contributed by atoms with Crippen LogP contribution >= 0.6 is 0 Å². The van der Waals surface area contributed by atoms with Crippen LogP contribution in [0.25, 0.3) is 0 Å². The average molecular weight is 284 g/mol. The summed E-state index contributed by atoms with van der Waals surface area (Å²) in [5.41, 5.74) is 4.15. The third-order valence-electron chi connectivity index (χ3n) is 3.32. The zero-order valence-electron chi connectivity index (χ0n) is 12.6. The lowest BCUT2D eigenvalue weighted by molar-refractivity contribution is 0.234. The predicted octanol–water partition coefficient (Wildman–Crippen LogP) is 3.77. The van der Waals surface area contributed by atoms with E-state index in [1.165, 1.54) is 0 Å². The molecular formula is C17H20N2O2. The van der Waals surface area contributed by atoms with Gasteiger partial charge in [-0.15, -0.1) is 0 Å². The van der Waals surface area contributed by atoms with E-state index in [4.69, 9.17) is 4.74 Å². The molecule has 21 heavy (non-hydrogen) atoms. The maximum absolute atomic E-state index is 11.7. The molecule has 2 amide bonds. The first-order valence-corrected chi connectivity index (χ1v) is 6.87. The number of rotatable bonds is 4. The number of nitrogens with one attached hydrogen (secondary N) is 2. The molecule has 0 unspecified atom stereocenters. The fraction of sp³-hybridized carbons (Fsp3) is 0.235. The van der Waals surface area contributed by atoms with Crippen molar-refractivity contribution < 1.29 is 9.53 Å². The second-order valence-corrected chi connectivity index (χ2v) is 4.98. The van der Waals surface area contributed by atoms with Crippen molar-refractivity contribution in [3.63, 3.8) is 0 Å². The summed E-state index contributed by atoms with van der Waals surface area (Å²) in [6.07, 6.45) is 0. The van der Waals surface area contributed by atoms with Crippen LogP contribution in [0.15, 0.2) is 42.5 Å². The smallest absolute Gasteiger partial charge is 0.321 e. The minimum absolute atomic E-state index is 0.127. The van der Waals surface area contributed by atoms with Gasteiger partial charge in [-0.05, 0) is 50.1 Å². The molecule has 0 aliphatic carbocycles. The molecule has 2 rings (SSSR count). The van der Waals surface area contributed by atoms with Gasteiger partial charge in [0.25, 0.3) is 0 Å². The number of amides is 2. The number of hydrogen-bond donors (Lipinski definition) is 2. The minimum atomic E-state index is -0.288. The molecule has 0 fully saturated rings. The predicted molar refractivity (Wildman–Crippen MR) is 84.7 cm³/mol. The first kappa shape index (κ1) is 14.9. The molecule has 0 spiro atoms. The van der Waals surface area contributed by atoms with E-state index >= 15 is 0 Å². The van der Waals surface area contributed by atoms with Crippen molar-refractivity contribution in [1.29, 1.82) is 0 Å². The van der Waals surface area contributed by atoms with Gasteiger partial charge in [-0.1, -0.05) is 29.8 Å². The fourth-order valence-electron chi connectivity index (χ4n) is 1.87. The van der Waals surface area contributed by atoms with Gasteiger partial charge in [0.15, 0.2) is 6.73 Å². The van der Waals surface area contributed by atoms with Crippen LogP contribution in [-0.2, 0) is 0 Å². The number of benzene rings is 2. The molecule has 4 nitrogen and oxygen atoms in total. The van der Waals surface area contributed by atoms with Crippen LogP contribution in [0, 0.1) is 20.8 Å². The highest BCUT2D eigenvalue weighted by atomic mass is 16.5. The molecule has 0 heterocycles. The van der Waals surface area contributed by atoms with Crippen molar-refractivity contribution in [1.82, 2.24) is 5.32 Å². The van der Waals surface area contributed by atoms with Crippen LogP contribution in [-0.4, -0.2) is 12.8 Å². The second-order valence-electron chi connectivity index (χ2n) is 4.98. The zero-order valence-corrected chi connectivity index (χ0v) is 12.6. The molecular weight excluding hydrogens is 264 g/mol. The maximum atomic E-state index is 11.7. The Morgan fingerprint density at radius 2 is 1.76 bits per heavy atom. The van der Waals surface area contributed by atoms with E-state index < -0.39 is 0 Å². The van der Waals surface area contributed by atoms with Crippen LogP contribution < -0.4 is 15.4 Å². The third kappa shape index (κ3) is 4.24. The molecule has 0 aromatic heterocycles. The number of carbonyl (C=O) groups is 1. The lowest BCUT2D eigenvalue weighted by Gasteiger charge is -2.12. The molecule has 0 aliphatic heterocycles. The molecule has 2 N–H and O–H groups in total.